The van der Waals surface area contributed by atoms with Gasteiger partial charge in [-0.1, -0.05) is 0 Å². The average Bonchev–Trinajstić information content (AvgIpc) is 3.45. The molecule has 6 rings (SSSR count). The number of nitrogens with one attached hydrogen (secondary N) is 2. The predicted octanol–water partition coefficient (Wildman–Crippen LogP) is 4.47. The molecule has 0 fully saturated rings. The number of aromatic nitrogens is 8. The molecule has 9 heteroatoms. The van der Waals surface area contributed by atoms with E-state index in [1.54, 1.807) is 31.0 Å². The molecule has 0 aliphatic heterocycles. The van der Waals surface area contributed by atoms with Gasteiger partial charge in [-0.25, -0.2) is 14.4 Å². The van der Waals surface area contributed by atoms with Crippen molar-refractivity contribution in [2.24, 2.45) is 0 Å². The highest BCUT2D eigenvalue weighted by molar-refractivity contribution is 5.96. The molecule has 0 saturated heterocycles. The van der Waals surface area contributed by atoms with Crippen molar-refractivity contribution in [2.45, 2.75) is 6.92 Å². The van der Waals surface area contributed by atoms with E-state index in [-0.39, 0.29) is 5.39 Å². The van der Waals surface area contributed by atoms with Crippen molar-refractivity contribution in [2.75, 3.05) is 0 Å². The van der Waals surface area contributed by atoms with E-state index in [0.717, 1.165) is 16.6 Å². The Balaban J connectivity index is 1.56. The summed E-state index contributed by atoms with van der Waals surface area (Å²) in [7, 11) is 0. The van der Waals surface area contributed by atoms with E-state index in [1.165, 1.54) is 6.20 Å². The summed E-state index contributed by atoms with van der Waals surface area (Å²) in [6.45, 7) is 1.91. The van der Waals surface area contributed by atoms with E-state index >= 15 is 4.39 Å². The summed E-state index contributed by atoms with van der Waals surface area (Å²) in [6, 6.07) is 7.41. The fourth-order valence-electron chi connectivity index (χ4n) is 3.82. The van der Waals surface area contributed by atoms with Crippen molar-refractivity contribution in [3.8, 4) is 33.9 Å². The van der Waals surface area contributed by atoms with Crippen LogP contribution in [0.2, 0.25) is 0 Å². The summed E-state index contributed by atoms with van der Waals surface area (Å²) in [5, 5.41) is 7.39. The van der Waals surface area contributed by atoms with Gasteiger partial charge in [0.1, 0.15) is 17.0 Å². The first-order valence-corrected chi connectivity index (χ1v) is 9.90. The van der Waals surface area contributed by atoms with Crippen LogP contribution in [0.4, 0.5) is 4.39 Å². The van der Waals surface area contributed by atoms with Crippen LogP contribution in [0.1, 0.15) is 5.56 Å². The Morgan fingerprint density at radius 1 is 0.875 bits per heavy atom. The number of hydrogen-bond donors (Lipinski definition) is 2. The Labute approximate surface area is 180 Å². The van der Waals surface area contributed by atoms with Gasteiger partial charge in [0.05, 0.1) is 16.6 Å². The third-order valence-electron chi connectivity index (χ3n) is 5.42. The Bertz CT molecular complexity index is 1600. The van der Waals surface area contributed by atoms with Crippen LogP contribution in [0, 0.1) is 12.7 Å². The molecular formula is C23H15FN8. The molecule has 6 aromatic rings. The van der Waals surface area contributed by atoms with Gasteiger partial charge < -0.3 is 4.98 Å². The second-order valence-electron chi connectivity index (χ2n) is 7.36. The minimum atomic E-state index is -0.430. The van der Waals surface area contributed by atoms with Crippen LogP contribution >= 0.6 is 0 Å². The number of aromatic amines is 2. The van der Waals surface area contributed by atoms with Gasteiger partial charge in [-0.2, -0.15) is 5.10 Å². The summed E-state index contributed by atoms with van der Waals surface area (Å²) in [5.74, 6) is -0.00828. The minimum absolute atomic E-state index is 0.265. The third kappa shape index (κ3) is 2.75. The molecule has 0 spiro atoms. The molecule has 6 heterocycles. The predicted molar refractivity (Wildman–Crippen MR) is 118 cm³/mol. The lowest BCUT2D eigenvalue weighted by molar-refractivity contribution is 0.642. The molecule has 32 heavy (non-hydrogen) atoms. The summed E-state index contributed by atoms with van der Waals surface area (Å²) in [6.07, 6.45) is 9.93. The van der Waals surface area contributed by atoms with E-state index < -0.39 is 5.82 Å². The van der Waals surface area contributed by atoms with Gasteiger partial charge in [0.25, 0.3) is 0 Å². The van der Waals surface area contributed by atoms with Gasteiger partial charge in [-0.15, -0.1) is 0 Å². The SMILES string of the molecule is Cc1ccncc1-c1cnc2[nH]nc(-c3nc4c(-c5cccnc5)nccc4[nH]3)c2c1F. The molecule has 154 valence electrons. The molecule has 0 saturated carbocycles. The Morgan fingerprint density at radius 2 is 1.78 bits per heavy atom. The molecule has 0 radical (unpaired) electrons. The summed E-state index contributed by atoms with van der Waals surface area (Å²) >= 11 is 0. The quantitative estimate of drug-likeness (QED) is 0.436. The molecule has 0 bridgehead atoms. The Kier molecular flexibility index (Phi) is 4.00. The average molecular weight is 422 g/mol. The van der Waals surface area contributed by atoms with Crippen molar-refractivity contribution >= 4 is 22.1 Å². The van der Waals surface area contributed by atoms with Crippen LogP contribution < -0.4 is 0 Å². The number of hydrogen-bond acceptors (Lipinski definition) is 6. The molecule has 0 aromatic carbocycles. The van der Waals surface area contributed by atoms with Crippen molar-refractivity contribution in [3.63, 3.8) is 0 Å². The first-order chi connectivity index (χ1) is 15.7. The lowest BCUT2D eigenvalue weighted by Gasteiger charge is -2.06. The minimum Gasteiger partial charge on any atom is -0.336 e. The monoisotopic (exact) mass is 422 g/mol. The maximum Gasteiger partial charge on any atom is 0.159 e. The summed E-state index contributed by atoms with van der Waals surface area (Å²) in [4.78, 5) is 25.1. The number of imidazole rings is 1. The third-order valence-corrected chi connectivity index (χ3v) is 5.42. The smallest absolute Gasteiger partial charge is 0.159 e. The lowest BCUT2D eigenvalue weighted by Crippen LogP contribution is -1.93. The molecule has 2 N–H and O–H groups in total. The molecule has 8 nitrogen and oxygen atoms in total. The lowest BCUT2D eigenvalue weighted by atomic mass is 10.0. The normalized spacial score (nSPS) is 11.4. The maximum atomic E-state index is 15.7. The number of halogens is 1. The number of H-pyrrole nitrogens is 2. The van der Waals surface area contributed by atoms with E-state index in [0.29, 0.717) is 39.5 Å². The number of nitrogens with zero attached hydrogens (tertiary/aromatic N) is 6. The molecule has 0 amide bonds. The van der Waals surface area contributed by atoms with Gasteiger partial charge in [-0.05, 0) is 36.8 Å². The zero-order valence-corrected chi connectivity index (χ0v) is 16.8. The summed E-state index contributed by atoms with van der Waals surface area (Å²) in [5.41, 5.74) is 5.57. The van der Waals surface area contributed by atoms with Crippen LogP contribution in [-0.2, 0) is 0 Å². The molecule has 0 aliphatic carbocycles. The highest BCUT2D eigenvalue weighted by atomic mass is 19.1. The zero-order chi connectivity index (χ0) is 21.7. The van der Waals surface area contributed by atoms with Gasteiger partial charge in [0, 0.05) is 53.9 Å². The molecule has 6 aromatic heterocycles. The van der Waals surface area contributed by atoms with Crippen LogP contribution in [0.25, 0.3) is 56.0 Å². The largest absolute Gasteiger partial charge is 0.336 e. The second kappa shape index (κ2) is 7.02. The number of aryl methyl sites for hydroxylation is 1. The Morgan fingerprint density at radius 3 is 2.62 bits per heavy atom. The fourth-order valence-corrected chi connectivity index (χ4v) is 3.82. The van der Waals surface area contributed by atoms with E-state index in [9.17, 15) is 0 Å². The van der Waals surface area contributed by atoms with Gasteiger partial charge >= 0.3 is 0 Å². The Hall–Kier alpha value is -4.53. The summed E-state index contributed by atoms with van der Waals surface area (Å²) < 4.78 is 15.7. The number of pyridine rings is 4. The molecule has 0 atom stereocenters. The van der Waals surface area contributed by atoms with Crippen LogP contribution in [-0.4, -0.2) is 40.1 Å². The van der Waals surface area contributed by atoms with Crippen LogP contribution in [0.3, 0.4) is 0 Å². The second-order valence-corrected chi connectivity index (χ2v) is 7.36. The van der Waals surface area contributed by atoms with E-state index in [1.807, 2.05) is 31.2 Å². The fraction of sp³-hybridized carbons (Fsp3) is 0.0435. The van der Waals surface area contributed by atoms with Crippen LogP contribution in [0.15, 0.2) is 61.4 Å². The van der Waals surface area contributed by atoms with Crippen molar-refractivity contribution in [1.29, 1.82) is 0 Å². The maximum absolute atomic E-state index is 15.7. The molecular weight excluding hydrogens is 407 g/mol. The first-order valence-electron chi connectivity index (χ1n) is 9.90. The zero-order valence-electron chi connectivity index (χ0n) is 16.8. The number of fused-ring (bicyclic) bond motifs is 2. The standard InChI is InChI=1S/C23H15FN8/c1-12-4-7-26-10-14(12)15-11-28-22-17(18(15)24)21(31-32-22)23-29-16-5-8-27-19(20(16)30-23)13-3-2-6-25-9-13/h2-11H,1H3,(H,29,30)(H,28,31,32). The number of rotatable bonds is 3. The van der Waals surface area contributed by atoms with Gasteiger partial charge in [0.15, 0.2) is 11.5 Å². The van der Waals surface area contributed by atoms with Crippen LogP contribution in [0.5, 0.6) is 0 Å². The molecule has 0 aliphatic rings. The first kappa shape index (κ1) is 18.3. The highest BCUT2D eigenvalue weighted by Crippen LogP contribution is 2.34. The van der Waals surface area contributed by atoms with Gasteiger partial charge in [-0.3, -0.25) is 20.1 Å². The van der Waals surface area contributed by atoms with Crippen molar-refractivity contribution in [3.05, 3.63) is 72.8 Å². The van der Waals surface area contributed by atoms with E-state index in [4.69, 9.17) is 4.98 Å². The van der Waals surface area contributed by atoms with Crippen molar-refractivity contribution in [1.82, 2.24) is 40.1 Å². The van der Waals surface area contributed by atoms with E-state index in [2.05, 4.69) is 35.1 Å². The molecule has 0 unspecified atom stereocenters. The topological polar surface area (TPSA) is 109 Å². The van der Waals surface area contributed by atoms with Crippen molar-refractivity contribution < 1.29 is 4.39 Å². The van der Waals surface area contributed by atoms with Gasteiger partial charge in [0.2, 0.25) is 0 Å². The highest BCUT2D eigenvalue weighted by Gasteiger charge is 2.21.